The summed E-state index contributed by atoms with van der Waals surface area (Å²) in [6.07, 6.45) is -1.21. The number of rotatable bonds is 12. The Hall–Kier alpha value is -3.72. The number of nitrogens with two attached hydrogens (primary N) is 2. The minimum atomic E-state index is -1.77. The highest BCUT2D eigenvalue weighted by atomic mass is 16.6. The maximum Gasteiger partial charge on any atom is 0.309 e. The molecule has 6 N–H and O–H groups in total. The third-order valence-electron chi connectivity index (χ3n) is 6.91. The molecule has 0 amide bonds. The molecule has 0 bridgehead atoms. The SMILES string of the molecule is Cc1cc(O)cc(C)c1OCC(=O)[C@H]([C@@H](O)C[C@H](Cc1ccccc1)C(=O)OC(C)(C)C)C(N)(N)c1ccccc1. The number of aliphatic hydroxyl groups excluding tert-OH is 1. The molecule has 0 radical (unpaired) electrons. The second-order valence-corrected chi connectivity index (χ2v) is 11.7. The number of ether oxygens (including phenoxy) is 2. The zero-order valence-corrected chi connectivity index (χ0v) is 24.5. The standard InChI is InChI=1S/C33H42N2O6/c1-21-16-26(36)17-22(2)30(21)40-20-28(38)29(33(34,35)25-14-10-7-11-15-25)27(37)19-24(31(39)41-32(3,4)5)18-23-12-8-6-9-13-23/h6-17,24,27,29,36-37H,18-20,34-35H2,1-5H3/t24-,27-,29-/m0/s1. The van der Waals surface area contributed by atoms with Crippen molar-refractivity contribution in [2.75, 3.05) is 6.61 Å². The van der Waals surface area contributed by atoms with Gasteiger partial charge in [0.2, 0.25) is 0 Å². The monoisotopic (exact) mass is 562 g/mol. The Bertz CT molecular complexity index is 1300. The lowest BCUT2D eigenvalue weighted by Gasteiger charge is -2.37. The summed E-state index contributed by atoms with van der Waals surface area (Å²) in [7, 11) is 0. The van der Waals surface area contributed by atoms with Crippen LogP contribution in [0.2, 0.25) is 0 Å². The summed E-state index contributed by atoms with van der Waals surface area (Å²) in [5, 5.41) is 21.5. The van der Waals surface area contributed by atoms with Gasteiger partial charge in [0, 0.05) is 0 Å². The number of esters is 1. The summed E-state index contributed by atoms with van der Waals surface area (Å²) < 4.78 is 11.6. The second kappa shape index (κ2) is 13.3. The number of hydrogen-bond donors (Lipinski definition) is 4. The fourth-order valence-electron chi connectivity index (χ4n) is 5.07. The summed E-state index contributed by atoms with van der Waals surface area (Å²) in [5.74, 6) is -2.57. The van der Waals surface area contributed by atoms with Crippen LogP contribution in [-0.2, 0) is 26.4 Å². The van der Waals surface area contributed by atoms with Gasteiger partial charge in [0.05, 0.1) is 17.9 Å². The molecule has 0 fully saturated rings. The number of carbonyl (C=O) groups is 2. The average molecular weight is 563 g/mol. The van der Waals surface area contributed by atoms with E-state index in [1.165, 1.54) is 12.1 Å². The van der Waals surface area contributed by atoms with Crippen molar-refractivity contribution < 1.29 is 29.3 Å². The smallest absolute Gasteiger partial charge is 0.309 e. The van der Waals surface area contributed by atoms with Crippen LogP contribution in [0.1, 0.15) is 49.4 Å². The fraction of sp³-hybridized carbons (Fsp3) is 0.394. The molecule has 0 heterocycles. The van der Waals surface area contributed by atoms with E-state index in [0.717, 1.165) is 5.56 Å². The summed E-state index contributed by atoms with van der Waals surface area (Å²) in [5.41, 5.74) is 13.4. The van der Waals surface area contributed by atoms with Gasteiger partial charge in [-0.3, -0.25) is 9.59 Å². The van der Waals surface area contributed by atoms with Gasteiger partial charge >= 0.3 is 5.97 Å². The molecule has 0 unspecified atom stereocenters. The molecule has 41 heavy (non-hydrogen) atoms. The Labute approximate surface area is 242 Å². The van der Waals surface area contributed by atoms with Crippen LogP contribution < -0.4 is 16.2 Å². The van der Waals surface area contributed by atoms with Gasteiger partial charge < -0.3 is 31.2 Å². The molecule has 8 heteroatoms. The van der Waals surface area contributed by atoms with E-state index in [4.69, 9.17) is 20.9 Å². The van der Waals surface area contributed by atoms with Crippen molar-refractivity contribution in [1.29, 1.82) is 0 Å². The number of benzene rings is 3. The highest BCUT2D eigenvalue weighted by molar-refractivity contribution is 5.85. The second-order valence-electron chi connectivity index (χ2n) is 11.7. The van der Waals surface area contributed by atoms with Gasteiger partial charge in [-0.2, -0.15) is 0 Å². The summed E-state index contributed by atoms with van der Waals surface area (Å²) in [6, 6.07) is 21.1. The predicted octanol–water partition coefficient (Wildman–Crippen LogP) is 4.30. The molecule has 0 aliphatic rings. The zero-order valence-electron chi connectivity index (χ0n) is 24.5. The maximum atomic E-state index is 13.8. The summed E-state index contributed by atoms with van der Waals surface area (Å²) >= 11 is 0. The lowest BCUT2D eigenvalue weighted by Crippen LogP contribution is -2.60. The molecule has 0 aliphatic heterocycles. The van der Waals surface area contributed by atoms with Crippen molar-refractivity contribution >= 4 is 11.8 Å². The molecule has 3 rings (SSSR count). The molecule has 0 saturated carbocycles. The highest BCUT2D eigenvalue weighted by Gasteiger charge is 2.44. The molecule has 0 aliphatic carbocycles. The zero-order chi connectivity index (χ0) is 30.4. The first-order valence-corrected chi connectivity index (χ1v) is 13.7. The number of hydrogen-bond acceptors (Lipinski definition) is 8. The maximum absolute atomic E-state index is 13.8. The minimum Gasteiger partial charge on any atom is -0.508 e. The number of aryl methyl sites for hydroxylation is 2. The quantitative estimate of drug-likeness (QED) is 0.189. The molecule has 0 spiro atoms. The molecule has 0 saturated heterocycles. The number of aliphatic hydroxyl groups is 1. The molecular weight excluding hydrogens is 520 g/mol. The van der Waals surface area contributed by atoms with Crippen LogP contribution in [0.4, 0.5) is 0 Å². The van der Waals surface area contributed by atoms with Gasteiger partial charge in [0.15, 0.2) is 5.78 Å². The van der Waals surface area contributed by atoms with E-state index in [-0.39, 0.29) is 12.2 Å². The number of ketones is 1. The summed E-state index contributed by atoms with van der Waals surface area (Å²) in [4.78, 5) is 27.1. The number of aromatic hydroxyl groups is 1. The lowest BCUT2D eigenvalue weighted by molar-refractivity contribution is -0.162. The van der Waals surface area contributed by atoms with Crippen LogP contribution in [0.25, 0.3) is 0 Å². The highest BCUT2D eigenvalue weighted by Crippen LogP contribution is 2.32. The Morgan fingerprint density at radius 2 is 1.44 bits per heavy atom. The molecular formula is C33H42N2O6. The molecule has 3 aromatic carbocycles. The molecule has 3 atom stereocenters. The van der Waals surface area contributed by atoms with Crippen LogP contribution >= 0.6 is 0 Å². The minimum absolute atomic E-state index is 0.0885. The third kappa shape index (κ3) is 8.63. The Kier molecular flexibility index (Phi) is 10.3. The Morgan fingerprint density at radius 1 is 0.902 bits per heavy atom. The molecule has 220 valence electrons. The number of phenolic OH excluding ortho intramolecular Hbond substituents is 1. The van der Waals surface area contributed by atoms with Crippen molar-refractivity contribution in [2.45, 2.75) is 64.8 Å². The number of Topliss-reactive ketones (excluding diaryl/α,β-unsaturated/α-hetero) is 1. The molecule has 0 aromatic heterocycles. The van der Waals surface area contributed by atoms with E-state index in [9.17, 15) is 19.8 Å². The van der Waals surface area contributed by atoms with Crippen molar-refractivity contribution in [3.63, 3.8) is 0 Å². The van der Waals surface area contributed by atoms with E-state index in [0.29, 0.717) is 28.9 Å². The van der Waals surface area contributed by atoms with Gasteiger partial charge in [-0.1, -0.05) is 60.7 Å². The summed E-state index contributed by atoms with van der Waals surface area (Å²) in [6.45, 7) is 8.42. The third-order valence-corrected chi connectivity index (χ3v) is 6.91. The van der Waals surface area contributed by atoms with E-state index >= 15 is 0 Å². The van der Waals surface area contributed by atoms with Crippen LogP contribution in [0, 0.1) is 25.7 Å². The Morgan fingerprint density at radius 3 is 1.98 bits per heavy atom. The van der Waals surface area contributed by atoms with Crippen molar-refractivity contribution in [2.24, 2.45) is 23.3 Å². The topological polar surface area (TPSA) is 145 Å². The number of phenols is 1. The van der Waals surface area contributed by atoms with Gasteiger partial charge in [-0.05, 0) is 81.8 Å². The van der Waals surface area contributed by atoms with Crippen LogP contribution in [-0.4, -0.2) is 40.3 Å². The fourth-order valence-corrected chi connectivity index (χ4v) is 5.07. The van der Waals surface area contributed by atoms with Crippen LogP contribution in [0.15, 0.2) is 72.8 Å². The van der Waals surface area contributed by atoms with Crippen LogP contribution in [0.3, 0.4) is 0 Å². The van der Waals surface area contributed by atoms with Crippen molar-refractivity contribution in [3.05, 3.63) is 95.1 Å². The van der Waals surface area contributed by atoms with E-state index in [2.05, 4.69) is 0 Å². The average Bonchev–Trinajstić information content (AvgIpc) is 2.87. The first kappa shape index (κ1) is 31.8. The van der Waals surface area contributed by atoms with Crippen LogP contribution in [0.5, 0.6) is 11.5 Å². The number of carbonyl (C=O) groups excluding carboxylic acids is 2. The molecule has 8 nitrogen and oxygen atoms in total. The predicted molar refractivity (Wildman–Crippen MR) is 158 cm³/mol. The van der Waals surface area contributed by atoms with Crippen molar-refractivity contribution in [3.8, 4) is 11.5 Å². The van der Waals surface area contributed by atoms with Crippen molar-refractivity contribution in [1.82, 2.24) is 0 Å². The van der Waals surface area contributed by atoms with Gasteiger partial charge in [-0.15, -0.1) is 0 Å². The normalized spacial score (nSPS) is 14.1. The van der Waals surface area contributed by atoms with E-state index in [1.807, 2.05) is 30.3 Å². The van der Waals surface area contributed by atoms with Gasteiger partial charge in [0.25, 0.3) is 0 Å². The first-order chi connectivity index (χ1) is 19.2. The Balaban J connectivity index is 1.94. The lowest BCUT2D eigenvalue weighted by atomic mass is 9.77. The van der Waals surface area contributed by atoms with Gasteiger partial charge in [0.1, 0.15) is 29.4 Å². The van der Waals surface area contributed by atoms with Gasteiger partial charge in [-0.25, -0.2) is 0 Å². The van der Waals surface area contributed by atoms with E-state index < -0.39 is 47.6 Å². The largest absolute Gasteiger partial charge is 0.508 e. The first-order valence-electron chi connectivity index (χ1n) is 13.7. The molecule has 3 aromatic rings. The van der Waals surface area contributed by atoms with E-state index in [1.54, 1.807) is 65.0 Å².